The first-order valence-electron chi connectivity index (χ1n) is 7.70. The molecule has 2 rings (SSSR count). The van der Waals surface area contributed by atoms with Crippen molar-refractivity contribution in [2.75, 3.05) is 33.1 Å². The first kappa shape index (κ1) is 17.9. The molecule has 1 fully saturated rings. The van der Waals surface area contributed by atoms with E-state index < -0.39 is 10.0 Å². The molecule has 1 aliphatic rings. The molecule has 2 unspecified atom stereocenters. The van der Waals surface area contributed by atoms with Gasteiger partial charge in [0.05, 0.1) is 25.0 Å². The predicted molar refractivity (Wildman–Crippen MR) is 88.5 cm³/mol. The quantitative estimate of drug-likeness (QED) is 0.790. The maximum Gasteiger partial charge on any atom is 0.220 e. The number of aryl methyl sites for hydroxylation is 1. The second-order valence-electron chi connectivity index (χ2n) is 6.02. The Bertz CT molecular complexity index is 616. The van der Waals surface area contributed by atoms with E-state index in [-0.39, 0.29) is 23.6 Å². The third kappa shape index (κ3) is 5.30. The van der Waals surface area contributed by atoms with E-state index in [1.807, 2.05) is 30.3 Å². The van der Waals surface area contributed by atoms with Crippen molar-refractivity contribution < 1.29 is 17.9 Å². The fourth-order valence-electron chi connectivity index (χ4n) is 2.52. The average Bonchev–Trinajstić information content (AvgIpc) is 2.92. The Labute approximate surface area is 137 Å². The molecule has 1 N–H and O–H groups in total. The molecule has 1 amide bonds. The lowest BCUT2D eigenvalue weighted by atomic mass is 10.1. The fraction of sp³-hybridized carbons (Fsp3) is 0.562. The molecule has 0 bridgehead atoms. The molecule has 128 valence electrons. The number of ether oxygens (including phenoxy) is 1. The van der Waals surface area contributed by atoms with E-state index in [0.717, 1.165) is 5.56 Å². The molecule has 0 aromatic heterocycles. The molecule has 0 spiro atoms. The van der Waals surface area contributed by atoms with Gasteiger partial charge in [-0.3, -0.25) is 4.79 Å². The van der Waals surface area contributed by atoms with Crippen LogP contribution in [0, 0.1) is 5.92 Å². The van der Waals surface area contributed by atoms with Crippen molar-refractivity contribution in [3.63, 3.8) is 0 Å². The smallest absolute Gasteiger partial charge is 0.220 e. The summed E-state index contributed by atoms with van der Waals surface area (Å²) in [5.41, 5.74) is 1.11. The van der Waals surface area contributed by atoms with Gasteiger partial charge in [-0.1, -0.05) is 30.3 Å². The molecule has 0 saturated carbocycles. The van der Waals surface area contributed by atoms with Gasteiger partial charge >= 0.3 is 0 Å². The Balaban J connectivity index is 1.85. The Morgan fingerprint density at radius 3 is 2.61 bits per heavy atom. The number of benzene rings is 1. The minimum atomic E-state index is -3.30. The van der Waals surface area contributed by atoms with Crippen LogP contribution in [0.4, 0.5) is 0 Å². The maximum atomic E-state index is 12.1. The van der Waals surface area contributed by atoms with Crippen molar-refractivity contribution in [3.8, 4) is 0 Å². The number of carbonyl (C=O) groups is 1. The number of carbonyl (C=O) groups excluding carboxylic acids is 1. The predicted octanol–water partition coefficient (Wildman–Crippen LogP) is 0.642. The van der Waals surface area contributed by atoms with Crippen LogP contribution >= 0.6 is 0 Å². The zero-order valence-corrected chi connectivity index (χ0v) is 14.4. The lowest BCUT2D eigenvalue weighted by Crippen LogP contribution is -2.43. The van der Waals surface area contributed by atoms with Crippen molar-refractivity contribution in [1.29, 1.82) is 0 Å². The Morgan fingerprint density at radius 1 is 1.26 bits per heavy atom. The van der Waals surface area contributed by atoms with Gasteiger partial charge in [-0.15, -0.1) is 0 Å². The molecular formula is C16H24N2O4S. The summed E-state index contributed by atoms with van der Waals surface area (Å²) < 4.78 is 30.5. The summed E-state index contributed by atoms with van der Waals surface area (Å²) in [5.74, 6) is -0.288. The lowest BCUT2D eigenvalue weighted by Gasteiger charge is -2.21. The molecule has 0 aliphatic carbocycles. The average molecular weight is 340 g/mol. The maximum absolute atomic E-state index is 12.1. The highest BCUT2D eigenvalue weighted by Gasteiger charge is 2.33. The summed E-state index contributed by atoms with van der Waals surface area (Å²) in [6.07, 6.45) is 1.05. The first-order valence-corrected chi connectivity index (χ1v) is 9.30. The van der Waals surface area contributed by atoms with Crippen LogP contribution < -0.4 is 5.32 Å². The van der Waals surface area contributed by atoms with Crippen LogP contribution in [-0.2, 0) is 26.0 Å². The summed E-state index contributed by atoms with van der Waals surface area (Å²) in [6, 6.07) is 9.56. The van der Waals surface area contributed by atoms with Crippen LogP contribution in [0.5, 0.6) is 0 Å². The summed E-state index contributed by atoms with van der Waals surface area (Å²) >= 11 is 0. The van der Waals surface area contributed by atoms with Crippen molar-refractivity contribution in [2.45, 2.75) is 18.9 Å². The van der Waals surface area contributed by atoms with Crippen molar-refractivity contribution >= 4 is 15.9 Å². The van der Waals surface area contributed by atoms with Crippen LogP contribution in [0.1, 0.15) is 12.0 Å². The number of sulfonamides is 1. The number of nitrogens with one attached hydrogen (secondary N) is 1. The summed E-state index contributed by atoms with van der Waals surface area (Å²) in [7, 11) is -0.279. The van der Waals surface area contributed by atoms with E-state index in [2.05, 4.69) is 5.32 Å². The number of rotatable bonds is 7. The first-order chi connectivity index (χ1) is 10.9. The van der Waals surface area contributed by atoms with Gasteiger partial charge in [0.15, 0.2) is 0 Å². The fourth-order valence-corrected chi connectivity index (χ4v) is 3.69. The molecule has 1 aliphatic heterocycles. The van der Waals surface area contributed by atoms with Crippen LogP contribution in [0.25, 0.3) is 0 Å². The van der Waals surface area contributed by atoms with Gasteiger partial charge < -0.3 is 10.1 Å². The van der Waals surface area contributed by atoms with Gasteiger partial charge in [0, 0.05) is 26.4 Å². The highest BCUT2D eigenvalue weighted by atomic mass is 32.2. The molecule has 1 aromatic rings. The standard InChI is InChI=1S/C16H24N2O4S/c1-18(2)23(20,21)12-14-10-22-11-15(14)17-16(19)9-8-13-6-4-3-5-7-13/h3-7,14-15H,8-12H2,1-2H3,(H,17,19). The Hall–Kier alpha value is -1.44. The zero-order valence-electron chi connectivity index (χ0n) is 13.6. The summed E-state index contributed by atoms with van der Waals surface area (Å²) in [5, 5.41) is 2.91. The molecule has 2 atom stereocenters. The third-order valence-electron chi connectivity index (χ3n) is 4.01. The number of nitrogens with zero attached hydrogens (tertiary/aromatic N) is 1. The van der Waals surface area contributed by atoms with Gasteiger partial charge in [0.25, 0.3) is 0 Å². The Kier molecular flexibility index (Phi) is 6.15. The third-order valence-corrected chi connectivity index (χ3v) is 5.97. The van der Waals surface area contributed by atoms with Gasteiger partial charge in [-0.2, -0.15) is 0 Å². The van der Waals surface area contributed by atoms with E-state index in [4.69, 9.17) is 4.74 Å². The molecule has 1 saturated heterocycles. The molecule has 1 aromatic carbocycles. The van der Waals surface area contributed by atoms with E-state index >= 15 is 0 Å². The minimum absolute atomic E-state index is 0.0103. The molecule has 6 nitrogen and oxygen atoms in total. The monoisotopic (exact) mass is 340 g/mol. The summed E-state index contributed by atoms with van der Waals surface area (Å²) in [6.45, 7) is 0.724. The highest BCUT2D eigenvalue weighted by molar-refractivity contribution is 7.89. The summed E-state index contributed by atoms with van der Waals surface area (Å²) in [4.78, 5) is 12.1. The Morgan fingerprint density at radius 2 is 1.96 bits per heavy atom. The van der Waals surface area contributed by atoms with Crippen LogP contribution in [-0.4, -0.2) is 57.7 Å². The van der Waals surface area contributed by atoms with E-state index in [0.29, 0.717) is 26.1 Å². The van der Waals surface area contributed by atoms with E-state index in [9.17, 15) is 13.2 Å². The molecule has 7 heteroatoms. The zero-order chi connectivity index (χ0) is 16.9. The largest absolute Gasteiger partial charge is 0.379 e. The van der Waals surface area contributed by atoms with Crippen LogP contribution in [0.3, 0.4) is 0 Å². The van der Waals surface area contributed by atoms with Gasteiger partial charge in [-0.05, 0) is 12.0 Å². The van der Waals surface area contributed by atoms with Gasteiger partial charge in [0.1, 0.15) is 0 Å². The van der Waals surface area contributed by atoms with Crippen LogP contribution in [0.15, 0.2) is 30.3 Å². The second-order valence-corrected chi connectivity index (χ2v) is 8.25. The second kappa shape index (κ2) is 7.90. The molecular weight excluding hydrogens is 316 g/mol. The van der Waals surface area contributed by atoms with Crippen molar-refractivity contribution in [1.82, 2.24) is 9.62 Å². The van der Waals surface area contributed by atoms with E-state index in [1.165, 1.54) is 18.4 Å². The lowest BCUT2D eigenvalue weighted by molar-refractivity contribution is -0.121. The van der Waals surface area contributed by atoms with E-state index in [1.54, 1.807) is 0 Å². The minimum Gasteiger partial charge on any atom is -0.379 e. The van der Waals surface area contributed by atoms with Gasteiger partial charge in [0.2, 0.25) is 15.9 Å². The normalized spacial score (nSPS) is 21.5. The van der Waals surface area contributed by atoms with Crippen molar-refractivity contribution in [2.24, 2.45) is 5.92 Å². The SMILES string of the molecule is CN(C)S(=O)(=O)CC1COCC1NC(=O)CCc1ccccc1. The van der Waals surface area contributed by atoms with Gasteiger partial charge in [-0.25, -0.2) is 12.7 Å². The number of hydrogen-bond donors (Lipinski definition) is 1. The number of amides is 1. The van der Waals surface area contributed by atoms with Crippen LogP contribution in [0.2, 0.25) is 0 Å². The van der Waals surface area contributed by atoms with Crippen molar-refractivity contribution in [3.05, 3.63) is 35.9 Å². The number of hydrogen-bond acceptors (Lipinski definition) is 4. The topological polar surface area (TPSA) is 75.7 Å². The molecule has 1 heterocycles. The molecule has 23 heavy (non-hydrogen) atoms. The molecule has 0 radical (unpaired) electrons. The highest BCUT2D eigenvalue weighted by Crippen LogP contribution is 2.17.